The summed E-state index contributed by atoms with van der Waals surface area (Å²) in [6.45, 7) is 3.84. The third-order valence-electron chi connectivity index (χ3n) is 5.11. The van der Waals surface area contributed by atoms with Crippen molar-refractivity contribution in [2.45, 2.75) is 19.8 Å². The minimum Gasteiger partial charge on any atom is -0.457 e. The van der Waals surface area contributed by atoms with Gasteiger partial charge in [-0.15, -0.1) is 0 Å². The molecule has 0 unspecified atom stereocenters. The molecule has 0 bridgehead atoms. The Hall–Kier alpha value is -4.87. The second-order valence-electron chi connectivity index (χ2n) is 8.16. The van der Waals surface area contributed by atoms with Crippen molar-refractivity contribution in [3.63, 3.8) is 0 Å². The van der Waals surface area contributed by atoms with Crippen LogP contribution in [0.1, 0.15) is 35.9 Å². The smallest absolute Gasteiger partial charge is 0.324 e. The lowest BCUT2D eigenvalue weighted by atomic mass is 10.1. The topological polar surface area (TPSA) is 123 Å². The maximum absolute atomic E-state index is 14.7. The highest BCUT2D eigenvalue weighted by Crippen LogP contribution is 2.27. The van der Waals surface area contributed by atoms with Crippen LogP contribution in [0.3, 0.4) is 0 Å². The fraction of sp³-hybridized carbons (Fsp3) is 0.160. The summed E-state index contributed by atoms with van der Waals surface area (Å²) in [5.41, 5.74) is 1.01. The molecule has 4 rings (SSSR count). The summed E-state index contributed by atoms with van der Waals surface area (Å²) in [7, 11) is 1.48. The Balaban J connectivity index is 1.49. The summed E-state index contributed by atoms with van der Waals surface area (Å²) < 4.78 is 35.4. The molecule has 0 atom stereocenters. The zero-order valence-electron chi connectivity index (χ0n) is 20.1. The number of hydrogen-bond donors (Lipinski definition) is 3. The quantitative estimate of drug-likeness (QED) is 0.328. The number of pyridine rings is 2. The van der Waals surface area contributed by atoms with Crippen molar-refractivity contribution in [2.75, 3.05) is 17.7 Å². The molecule has 1 aromatic carbocycles. The average Bonchev–Trinajstić information content (AvgIpc) is 3.29. The van der Waals surface area contributed by atoms with Crippen molar-refractivity contribution in [3.05, 3.63) is 84.1 Å². The number of carbonyl (C=O) groups is 2. The molecule has 3 N–H and O–H groups in total. The van der Waals surface area contributed by atoms with Crippen molar-refractivity contribution in [2.24, 2.45) is 0 Å². The fourth-order valence-corrected chi connectivity index (χ4v) is 3.28. The Labute approximate surface area is 210 Å². The van der Waals surface area contributed by atoms with Crippen molar-refractivity contribution in [1.29, 1.82) is 0 Å². The minimum absolute atomic E-state index is 0.0317. The number of rotatable bonds is 7. The van der Waals surface area contributed by atoms with E-state index in [0.29, 0.717) is 11.4 Å². The SMILES string of the molecule is CNC(=O)c1cc(Oc2ccc(NC(=O)Nc3cc(C(C)C)nn3-c3cncc(F)c3)c(F)c2)ccn1. The lowest BCUT2D eigenvalue weighted by molar-refractivity contribution is 0.0957. The highest BCUT2D eigenvalue weighted by molar-refractivity contribution is 5.99. The molecule has 12 heteroatoms. The Bertz CT molecular complexity index is 1460. The summed E-state index contributed by atoms with van der Waals surface area (Å²) >= 11 is 0. The molecule has 0 saturated heterocycles. The van der Waals surface area contributed by atoms with Crippen molar-refractivity contribution >= 4 is 23.4 Å². The predicted octanol–water partition coefficient (Wildman–Crippen LogP) is 4.86. The maximum Gasteiger partial charge on any atom is 0.324 e. The van der Waals surface area contributed by atoms with Crippen LogP contribution in [0.4, 0.5) is 25.1 Å². The first-order chi connectivity index (χ1) is 17.7. The molecule has 37 heavy (non-hydrogen) atoms. The minimum atomic E-state index is -0.751. The highest BCUT2D eigenvalue weighted by atomic mass is 19.1. The summed E-state index contributed by atoms with van der Waals surface area (Å²) in [5.74, 6) is -0.988. The zero-order valence-corrected chi connectivity index (χ0v) is 20.1. The maximum atomic E-state index is 14.7. The third-order valence-corrected chi connectivity index (χ3v) is 5.11. The molecular formula is C25H23F2N7O3. The summed E-state index contributed by atoms with van der Waals surface area (Å²) in [6, 6.07) is 8.95. The first-order valence-electron chi connectivity index (χ1n) is 11.2. The van der Waals surface area contributed by atoms with E-state index in [-0.39, 0.29) is 34.6 Å². The molecule has 0 aliphatic heterocycles. The molecule has 4 aromatic rings. The van der Waals surface area contributed by atoms with Crippen LogP contribution in [0.15, 0.2) is 61.1 Å². The van der Waals surface area contributed by atoms with E-state index in [1.165, 1.54) is 54.5 Å². The largest absolute Gasteiger partial charge is 0.457 e. The van der Waals surface area contributed by atoms with Crippen LogP contribution in [-0.2, 0) is 0 Å². The second-order valence-corrected chi connectivity index (χ2v) is 8.16. The molecule has 0 spiro atoms. The van der Waals surface area contributed by atoms with Gasteiger partial charge in [0.15, 0.2) is 0 Å². The highest BCUT2D eigenvalue weighted by Gasteiger charge is 2.16. The van der Waals surface area contributed by atoms with E-state index in [2.05, 4.69) is 31.0 Å². The second kappa shape index (κ2) is 10.8. The van der Waals surface area contributed by atoms with Crippen molar-refractivity contribution in [1.82, 2.24) is 25.1 Å². The van der Waals surface area contributed by atoms with Crippen LogP contribution in [0.25, 0.3) is 5.69 Å². The summed E-state index contributed by atoms with van der Waals surface area (Å²) in [5, 5.41) is 11.9. The lowest BCUT2D eigenvalue weighted by Gasteiger charge is -2.12. The Kier molecular flexibility index (Phi) is 7.37. The molecule has 3 aromatic heterocycles. The fourth-order valence-electron chi connectivity index (χ4n) is 3.28. The van der Waals surface area contributed by atoms with Crippen LogP contribution in [-0.4, -0.2) is 38.7 Å². The average molecular weight is 508 g/mol. The van der Waals surface area contributed by atoms with E-state index < -0.39 is 23.6 Å². The first-order valence-corrected chi connectivity index (χ1v) is 11.2. The number of nitrogens with one attached hydrogen (secondary N) is 3. The van der Waals surface area contributed by atoms with Gasteiger partial charge in [0.25, 0.3) is 5.91 Å². The van der Waals surface area contributed by atoms with E-state index >= 15 is 0 Å². The number of aromatic nitrogens is 4. The normalized spacial score (nSPS) is 10.8. The number of urea groups is 1. The standard InChI is InChI=1S/C25H23F2N7O3/c1-14(2)21-11-23(34(33-21)16-8-15(26)12-29-13-16)32-25(36)31-20-5-4-17(9-19(20)27)37-18-6-7-30-22(10-18)24(35)28-3/h4-14H,1-3H3,(H,28,35)(H2,31,32,36). The predicted molar refractivity (Wildman–Crippen MR) is 132 cm³/mol. The van der Waals surface area contributed by atoms with Gasteiger partial charge in [-0.25, -0.2) is 18.3 Å². The monoisotopic (exact) mass is 507 g/mol. The van der Waals surface area contributed by atoms with Gasteiger partial charge in [-0.3, -0.25) is 20.1 Å². The lowest BCUT2D eigenvalue weighted by Crippen LogP contribution is -2.22. The van der Waals surface area contributed by atoms with Crippen molar-refractivity contribution < 1.29 is 23.1 Å². The molecule has 0 radical (unpaired) electrons. The Morgan fingerprint density at radius 2 is 1.78 bits per heavy atom. The zero-order chi connectivity index (χ0) is 26.5. The van der Waals surface area contributed by atoms with E-state index in [9.17, 15) is 18.4 Å². The molecule has 3 amide bonds. The van der Waals surface area contributed by atoms with E-state index in [0.717, 1.165) is 12.3 Å². The summed E-state index contributed by atoms with van der Waals surface area (Å²) in [4.78, 5) is 32.2. The molecule has 0 aliphatic rings. The molecule has 0 fully saturated rings. The number of halogens is 2. The van der Waals surface area contributed by atoms with Gasteiger partial charge in [-0.2, -0.15) is 5.10 Å². The molecule has 190 valence electrons. The number of hydrogen-bond acceptors (Lipinski definition) is 6. The van der Waals surface area contributed by atoms with Gasteiger partial charge >= 0.3 is 6.03 Å². The molecule has 3 heterocycles. The van der Waals surface area contributed by atoms with E-state index in [4.69, 9.17) is 4.74 Å². The van der Waals surface area contributed by atoms with Gasteiger partial charge in [-0.1, -0.05) is 13.8 Å². The summed E-state index contributed by atoms with van der Waals surface area (Å²) in [6.07, 6.45) is 3.86. The van der Waals surface area contributed by atoms with Crippen LogP contribution in [0.5, 0.6) is 11.5 Å². The molecule has 0 saturated carbocycles. The number of carbonyl (C=O) groups excluding carboxylic acids is 2. The van der Waals surface area contributed by atoms with Gasteiger partial charge in [-0.05, 0) is 24.1 Å². The van der Waals surface area contributed by atoms with E-state index in [1.54, 1.807) is 6.07 Å². The van der Waals surface area contributed by atoms with Crippen molar-refractivity contribution in [3.8, 4) is 17.2 Å². The van der Waals surface area contributed by atoms with E-state index in [1.807, 2.05) is 13.8 Å². The number of benzene rings is 1. The first kappa shape index (κ1) is 25.2. The van der Waals surface area contributed by atoms with Crippen LogP contribution in [0.2, 0.25) is 0 Å². The van der Waals surface area contributed by atoms with Gasteiger partial charge in [0.1, 0.15) is 34.6 Å². The molecular weight excluding hydrogens is 484 g/mol. The third kappa shape index (κ3) is 6.04. The van der Waals surface area contributed by atoms with Crippen LogP contribution >= 0.6 is 0 Å². The number of amides is 3. The van der Waals surface area contributed by atoms with Gasteiger partial charge in [0.05, 0.1) is 29.5 Å². The molecule has 10 nitrogen and oxygen atoms in total. The number of nitrogens with zero attached hydrogens (tertiary/aromatic N) is 4. The van der Waals surface area contributed by atoms with Gasteiger partial charge < -0.3 is 15.4 Å². The number of anilines is 2. The van der Waals surface area contributed by atoms with Gasteiger partial charge in [0.2, 0.25) is 0 Å². The Morgan fingerprint density at radius 3 is 2.49 bits per heavy atom. The Morgan fingerprint density at radius 1 is 1.00 bits per heavy atom. The van der Waals surface area contributed by atoms with Crippen LogP contribution in [0, 0.1) is 11.6 Å². The van der Waals surface area contributed by atoms with Gasteiger partial charge in [0, 0.05) is 37.5 Å². The molecule has 0 aliphatic carbocycles. The number of ether oxygens (including phenoxy) is 1. The van der Waals surface area contributed by atoms with Crippen LogP contribution < -0.4 is 20.7 Å².